The second-order valence-corrected chi connectivity index (χ2v) is 6.47. The Labute approximate surface area is 142 Å². The Morgan fingerprint density at radius 1 is 1.39 bits per heavy atom. The SMILES string of the molecule is CN(CCCOc1cccc(Cl)c1)C(=O)NC1CCC(O)CC1. The van der Waals surface area contributed by atoms with Crippen molar-refractivity contribution in [3.05, 3.63) is 29.3 Å². The molecule has 1 saturated carbocycles. The van der Waals surface area contributed by atoms with E-state index in [-0.39, 0.29) is 18.2 Å². The fourth-order valence-corrected chi connectivity index (χ4v) is 2.84. The predicted molar refractivity (Wildman–Crippen MR) is 91.0 cm³/mol. The summed E-state index contributed by atoms with van der Waals surface area (Å²) in [6.45, 7) is 1.16. The van der Waals surface area contributed by atoms with Gasteiger partial charge in [-0.1, -0.05) is 17.7 Å². The number of urea groups is 1. The minimum atomic E-state index is -0.204. The number of carbonyl (C=O) groups excluding carboxylic acids is 1. The Morgan fingerprint density at radius 3 is 2.83 bits per heavy atom. The van der Waals surface area contributed by atoms with Crippen LogP contribution >= 0.6 is 11.6 Å². The van der Waals surface area contributed by atoms with Gasteiger partial charge in [-0.2, -0.15) is 0 Å². The number of aliphatic hydroxyl groups excluding tert-OH is 1. The minimum Gasteiger partial charge on any atom is -0.493 e. The summed E-state index contributed by atoms with van der Waals surface area (Å²) in [5, 5.41) is 13.2. The maximum absolute atomic E-state index is 12.1. The molecule has 1 aliphatic rings. The quantitative estimate of drug-likeness (QED) is 0.782. The summed E-state index contributed by atoms with van der Waals surface area (Å²) in [5.74, 6) is 0.741. The van der Waals surface area contributed by atoms with E-state index in [1.54, 1.807) is 24.1 Å². The largest absolute Gasteiger partial charge is 0.493 e. The summed E-state index contributed by atoms with van der Waals surface area (Å²) in [7, 11) is 1.78. The molecular weight excluding hydrogens is 316 g/mol. The second-order valence-electron chi connectivity index (χ2n) is 6.04. The lowest BCUT2D eigenvalue weighted by molar-refractivity contribution is 0.115. The van der Waals surface area contributed by atoms with Gasteiger partial charge in [-0.05, 0) is 50.3 Å². The maximum Gasteiger partial charge on any atom is 0.317 e. The Hall–Kier alpha value is -1.46. The molecule has 0 saturated heterocycles. The lowest BCUT2D eigenvalue weighted by atomic mass is 9.93. The molecule has 128 valence electrons. The molecule has 0 aromatic heterocycles. The van der Waals surface area contributed by atoms with Crippen LogP contribution in [0.2, 0.25) is 5.02 Å². The zero-order chi connectivity index (χ0) is 16.7. The molecule has 0 radical (unpaired) electrons. The number of benzene rings is 1. The highest BCUT2D eigenvalue weighted by molar-refractivity contribution is 6.30. The molecule has 2 rings (SSSR count). The molecule has 0 spiro atoms. The number of carbonyl (C=O) groups is 1. The summed E-state index contributed by atoms with van der Waals surface area (Å²) < 4.78 is 5.61. The van der Waals surface area contributed by atoms with Crippen LogP contribution < -0.4 is 10.1 Å². The van der Waals surface area contributed by atoms with Crippen molar-refractivity contribution in [3.63, 3.8) is 0 Å². The van der Waals surface area contributed by atoms with Crippen LogP contribution in [0, 0.1) is 0 Å². The molecule has 0 atom stereocenters. The van der Waals surface area contributed by atoms with E-state index in [0.29, 0.717) is 18.2 Å². The first-order chi connectivity index (χ1) is 11.0. The van der Waals surface area contributed by atoms with E-state index < -0.39 is 0 Å². The molecule has 0 unspecified atom stereocenters. The number of amides is 2. The molecule has 2 N–H and O–H groups in total. The van der Waals surface area contributed by atoms with Crippen molar-refractivity contribution in [2.45, 2.75) is 44.2 Å². The van der Waals surface area contributed by atoms with Crippen LogP contribution in [0.4, 0.5) is 4.79 Å². The Kier molecular flexibility index (Phi) is 6.99. The third-order valence-electron chi connectivity index (χ3n) is 4.07. The molecule has 2 amide bonds. The van der Waals surface area contributed by atoms with Crippen LogP contribution in [0.5, 0.6) is 5.75 Å². The minimum absolute atomic E-state index is 0.0610. The normalized spacial score (nSPS) is 20.8. The lowest BCUT2D eigenvalue weighted by Gasteiger charge is -2.28. The first kappa shape index (κ1) is 17.9. The molecule has 6 heteroatoms. The van der Waals surface area contributed by atoms with E-state index >= 15 is 0 Å². The summed E-state index contributed by atoms with van der Waals surface area (Å²) in [6, 6.07) is 7.40. The average Bonchev–Trinajstić information content (AvgIpc) is 2.53. The van der Waals surface area contributed by atoms with Gasteiger partial charge < -0.3 is 20.1 Å². The molecule has 1 aliphatic carbocycles. The van der Waals surface area contributed by atoms with E-state index in [1.165, 1.54) is 0 Å². The van der Waals surface area contributed by atoms with Crippen LogP contribution in [0.15, 0.2) is 24.3 Å². The fourth-order valence-electron chi connectivity index (χ4n) is 2.66. The highest BCUT2D eigenvalue weighted by atomic mass is 35.5. The Balaban J connectivity index is 1.62. The summed E-state index contributed by atoms with van der Waals surface area (Å²) in [4.78, 5) is 13.8. The zero-order valence-electron chi connectivity index (χ0n) is 13.5. The molecule has 0 aliphatic heterocycles. The first-order valence-corrected chi connectivity index (χ1v) is 8.50. The van der Waals surface area contributed by atoms with Crippen LogP contribution in [0.1, 0.15) is 32.1 Å². The van der Waals surface area contributed by atoms with Crippen LogP contribution in [-0.2, 0) is 0 Å². The number of ether oxygens (including phenoxy) is 1. The number of halogens is 1. The topological polar surface area (TPSA) is 61.8 Å². The van der Waals surface area contributed by atoms with Gasteiger partial charge in [-0.3, -0.25) is 0 Å². The summed E-state index contributed by atoms with van der Waals surface area (Å²) in [6.07, 6.45) is 3.77. The molecular formula is C17H25ClN2O3. The van der Waals surface area contributed by atoms with Gasteiger partial charge >= 0.3 is 6.03 Å². The molecule has 5 nitrogen and oxygen atoms in total. The number of nitrogens with one attached hydrogen (secondary N) is 1. The van der Waals surface area contributed by atoms with Gasteiger partial charge in [-0.25, -0.2) is 4.79 Å². The third kappa shape index (κ3) is 6.28. The van der Waals surface area contributed by atoms with Crippen molar-refractivity contribution in [3.8, 4) is 5.75 Å². The number of hydrogen-bond donors (Lipinski definition) is 2. The monoisotopic (exact) mass is 340 g/mol. The van der Waals surface area contributed by atoms with Crippen LogP contribution in [-0.4, -0.2) is 48.4 Å². The second kappa shape index (κ2) is 8.99. The van der Waals surface area contributed by atoms with Crippen molar-refractivity contribution in [1.29, 1.82) is 0 Å². The number of aliphatic hydroxyl groups is 1. The fraction of sp³-hybridized carbons (Fsp3) is 0.588. The van der Waals surface area contributed by atoms with Gasteiger partial charge in [0.05, 0.1) is 12.7 Å². The maximum atomic E-state index is 12.1. The summed E-state index contributed by atoms with van der Waals surface area (Å²) in [5.41, 5.74) is 0. The molecule has 0 heterocycles. The van der Waals surface area contributed by atoms with E-state index in [4.69, 9.17) is 16.3 Å². The standard InChI is InChI=1S/C17H25ClN2O3/c1-20(17(22)19-14-6-8-15(21)9-7-14)10-3-11-23-16-5-2-4-13(18)12-16/h2,4-5,12,14-15,21H,3,6-11H2,1H3,(H,19,22). The molecule has 1 aromatic rings. The number of nitrogens with zero attached hydrogens (tertiary/aromatic N) is 1. The van der Waals surface area contributed by atoms with Crippen molar-refractivity contribution in [1.82, 2.24) is 10.2 Å². The molecule has 0 bridgehead atoms. The number of hydrogen-bond acceptors (Lipinski definition) is 3. The van der Waals surface area contributed by atoms with Gasteiger partial charge in [0.2, 0.25) is 0 Å². The average molecular weight is 341 g/mol. The predicted octanol–water partition coefficient (Wildman–Crippen LogP) is 3.05. The van der Waals surface area contributed by atoms with Gasteiger partial charge in [-0.15, -0.1) is 0 Å². The van der Waals surface area contributed by atoms with Gasteiger partial charge in [0.1, 0.15) is 5.75 Å². The third-order valence-corrected chi connectivity index (χ3v) is 4.31. The smallest absolute Gasteiger partial charge is 0.317 e. The first-order valence-electron chi connectivity index (χ1n) is 8.12. The van der Waals surface area contributed by atoms with E-state index in [9.17, 15) is 9.90 Å². The van der Waals surface area contributed by atoms with E-state index in [2.05, 4.69) is 5.32 Å². The summed E-state index contributed by atoms with van der Waals surface area (Å²) >= 11 is 5.89. The Bertz CT molecular complexity index is 504. The Morgan fingerprint density at radius 2 is 2.13 bits per heavy atom. The van der Waals surface area contributed by atoms with Crippen molar-refractivity contribution < 1.29 is 14.6 Å². The van der Waals surface area contributed by atoms with Gasteiger partial charge in [0.25, 0.3) is 0 Å². The lowest BCUT2D eigenvalue weighted by Crippen LogP contribution is -2.45. The van der Waals surface area contributed by atoms with Gasteiger partial charge in [0.15, 0.2) is 0 Å². The van der Waals surface area contributed by atoms with Crippen molar-refractivity contribution in [2.75, 3.05) is 20.2 Å². The highest BCUT2D eigenvalue weighted by Gasteiger charge is 2.21. The van der Waals surface area contributed by atoms with Crippen molar-refractivity contribution >= 4 is 17.6 Å². The molecule has 1 aromatic carbocycles. The van der Waals surface area contributed by atoms with Crippen LogP contribution in [0.3, 0.4) is 0 Å². The van der Waals surface area contributed by atoms with Crippen molar-refractivity contribution in [2.24, 2.45) is 0 Å². The number of rotatable bonds is 6. The highest BCUT2D eigenvalue weighted by Crippen LogP contribution is 2.19. The zero-order valence-corrected chi connectivity index (χ0v) is 14.3. The molecule has 1 fully saturated rings. The van der Waals surface area contributed by atoms with E-state index in [0.717, 1.165) is 37.9 Å². The van der Waals surface area contributed by atoms with Gasteiger partial charge in [0, 0.05) is 24.7 Å². The van der Waals surface area contributed by atoms with E-state index in [1.807, 2.05) is 12.1 Å². The van der Waals surface area contributed by atoms with Crippen LogP contribution in [0.25, 0.3) is 0 Å². The molecule has 23 heavy (non-hydrogen) atoms.